The topological polar surface area (TPSA) is 29.0 Å². The molecule has 3 aromatic carbocycles. The van der Waals surface area contributed by atoms with Crippen LogP contribution in [-0.4, -0.2) is 28.7 Å². The highest BCUT2D eigenvalue weighted by Gasteiger charge is 2.25. The highest BCUT2D eigenvalue weighted by Crippen LogP contribution is 2.37. The molecule has 0 spiro atoms. The molecule has 0 amide bonds. The van der Waals surface area contributed by atoms with Gasteiger partial charge >= 0.3 is 0 Å². The van der Waals surface area contributed by atoms with Crippen LogP contribution < -0.4 is 0 Å². The van der Waals surface area contributed by atoms with E-state index in [1.807, 2.05) is 24.3 Å². The molecule has 138 valence electrons. The van der Waals surface area contributed by atoms with Crippen LogP contribution in [0.5, 0.6) is 0 Å². The lowest BCUT2D eigenvalue weighted by Gasteiger charge is -2.33. The van der Waals surface area contributed by atoms with Crippen molar-refractivity contribution in [3.05, 3.63) is 94.6 Å². The third-order valence-corrected chi connectivity index (χ3v) is 5.91. The van der Waals surface area contributed by atoms with E-state index in [0.717, 1.165) is 34.8 Å². The van der Waals surface area contributed by atoms with Crippen molar-refractivity contribution >= 4 is 22.4 Å². The molecule has 0 radical (unpaired) electrons. The minimum atomic E-state index is 0.324. The minimum Gasteiger partial charge on any atom is -0.301 e. The van der Waals surface area contributed by atoms with E-state index in [0.29, 0.717) is 5.92 Å². The Morgan fingerprint density at radius 1 is 1.00 bits per heavy atom. The molecule has 1 aliphatic heterocycles. The summed E-state index contributed by atoms with van der Waals surface area (Å²) in [7, 11) is 2.18. The lowest BCUT2D eigenvalue weighted by atomic mass is 9.83. The summed E-state index contributed by atoms with van der Waals surface area (Å²) < 4.78 is 0. The number of benzene rings is 3. The second-order valence-electron chi connectivity index (χ2n) is 7.49. The molecule has 28 heavy (non-hydrogen) atoms. The van der Waals surface area contributed by atoms with Crippen LogP contribution in [0, 0.1) is 0 Å². The Hall–Kier alpha value is -2.75. The molecule has 3 nitrogen and oxygen atoms in total. The summed E-state index contributed by atoms with van der Waals surface area (Å²) in [5.41, 5.74) is 6.06. The zero-order valence-electron chi connectivity index (χ0n) is 15.6. The maximum atomic E-state index is 6.46. The maximum absolute atomic E-state index is 6.46. The Bertz CT molecular complexity index is 1160. The van der Waals surface area contributed by atoms with E-state index in [9.17, 15) is 0 Å². The fourth-order valence-electron chi connectivity index (χ4n) is 4.22. The Morgan fingerprint density at radius 3 is 2.79 bits per heavy atom. The molecule has 0 saturated heterocycles. The first-order chi connectivity index (χ1) is 13.7. The van der Waals surface area contributed by atoms with Gasteiger partial charge in [0.05, 0.1) is 5.69 Å². The van der Waals surface area contributed by atoms with Crippen LogP contribution in [0.1, 0.15) is 22.6 Å². The fraction of sp³-hybridized carbons (Fsp3) is 0.167. The standard InChI is InChI=1S/C24H20ClN3/c1-28-14-19-12-18(24-6-3-11-26-27-24)9-10-20(19)22(15-28)17-8-7-16-4-2-5-23(25)21(16)13-17/h2-13,22H,14-15H2,1H3. The van der Waals surface area contributed by atoms with Crippen molar-refractivity contribution in [3.8, 4) is 11.3 Å². The molecule has 4 aromatic rings. The van der Waals surface area contributed by atoms with Gasteiger partial charge in [0.25, 0.3) is 0 Å². The summed E-state index contributed by atoms with van der Waals surface area (Å²) >= 11 is 6.46. The van der Waals surface area contributed by atoms with E-state index in [4.69, 9.17) is 11.6 Å². The number of likely N-dealkylation sites (N-methyl/N-ethyl adjacent to an activating group) is 1. The molecule has 0 saturated carbocycles. The summed E-state index contributed by atoms with van der Waals surface area (Å²) in [5, 5.41) is 11.4. The van der Waals surface area contributed by atoms with Crippen molar-refractivity contribution in [1.82, 2.24) is 15.1 Å². The van der Waals surface area contributed by atoms with Crippen molar-refractivity contribution in [2.24, 2.45) is 0 Å². The molecule has 0 bridgehead atoms. The van der Waals surface area contributed by atoms with Gasteiger partial charge in [-0.1, -0.05) is 48.0 Å². The van der Waals surface area contributed by atoms with E-state index >= 15 is 0 Å². The van der Waals surface area contributed by atoms with Crippen molar-refractivity contribution in [1.29, 1.82) is 0 Å². The molecule has 1 aliphatic rings. The lowest BCUT2D eigenvalue weighted by Crippen LogP contribution is -2.31. The largest absolute Gasteiger partial charge is 0.301 e. The van der Waals surface area contributed by atoms with Gasteiger partial charge < -0.3 is 4.90 Å². The van der Waals surface area contributed by atoms with E-state index < -0.39 is 0 Å². The van der Waals surface area contributed by atoms with Gasteiger partial charge in [0.15, 0.2) is 0 Å². The normalized spacial score (nSPS) is 16.9. The van der Waals surface area contributed by atoms with Crippen molar-refractivity contribution in [2.75, 3.05) is 13.6 Å². The first kappa shape index (κ1) is 17.4. The van der Waals surface area contributed by atoms with Gasteiger partial charge in [0, 0.05) is 41.2 Å². The Balaban J connectivity index is 1.60. The number of hydrogen-bond acceptors (Lipinski definition) is 3. The summed E-state index contributed by atoms with van der Waals surface area (Å²) in [4.78, 5) is 2.38. The molecule has 2 heterocycles. The molecule has 0 N–H and O–H groups in total. The van der Waals surface area contributed by atoms with Crippen LogP contribution in [-0.2, 0) is 6.54 Å². The second-order valence-corrected chi connectivity index (χ2v) is 7.90. The average Bonchev–Trinajstić information content (AvgIpc) is 2.73. The first-order valence-corrected chi connectivity index (χ1v) is 9.84. The van der Waals surface area contributed by atoms with Gasteiger partial charge in [-0.05, 0) is 59.5 Å². The third kappa shape index (κ3) is 3.07. The molecule has 5 rings (SSSR count). The van der Waals surface area contributed by atoms with E-state index in [2.05, 4.69) is 64.6 Å². The number of halogens is 1. The minimum absolute atomic E-state index is 0.324. The molecule has 4 heteroatoms. The highest BCUT2D eigenvalue weighted by molar-refractivity contribution is 6.35. The van der Waals surface area contributed by atoms with Crippen LogP contribution >= 0.6 is 11.6 Å². The Morgan fingerprint density at radius 2 is 1.93 bits per heavy atom. The summed E-state index contributed by atoms with van der Waals surface area (Å²) in [6.07, 6.45) is 1.70. The number of fused-ring (bicyclic) bond motifs is 2. The zero-order valence-corrected chi connectivity index (χ0v) is 16.4. The Kier molecular flexibility index (Phi) is 4.34. The molecule has 1 unspecified atom stereocenters. The molecule has 1 atom stereocenters. The number of nitrogens with zero attached hydrogens (tertiary/aromatic N) is 3. The van der Waals surface area contributed by atoms with Gasteiger partial charge in [-0.25, -0.2) is 0 Å². The molecule has 1 aromatic heterocycles. The maximum Gasteiger partial charge on any atom is 0.0929 e. The van der Waals surface area contributed by atoms with E-state index in [-0.39, 0.29) is 0 Å². The third-order valence-electron chi connectivity index (χ3n) is 5.58. The second kappa shape index (κ2) is 7.01. The molecular formula is C24H20ClN3. The van der Waals surface area contributed by atoms with Crippen LogP contribution in [0.2, 0.25) is 5.02 Å². The quantitative estimate of drug-likeness (QED) is 0.454. The fourth-order valence-corrected chi connectivity index (χ4v) is 4.45. The van der Waals surface area contributed by atoms with Gasteiger partial charge in [-0.2, -0.15) is 10.2 Å². The lowest BCUT2D eigenvalue weighted by molar-refractivity contribution is 0.295. The van der Waals surface area contributed by atoms with Crippen LogP contribution in [0.3, 0.4) is 0 Å². The van der Waals surface area contributed by atoms with E-state index in [1.165, 1.54) is 22.1 Å². The molecule has 0 aliphatic carbocycles. The van der Waals surface area contributed by atoms with Crippen LogP contribution in [0.4, 0.5) is 0 Å². The Labute approximate surface area is 169 Å². The average molecular weight is 386 g/mol. The summed E-state index contributed by atoms with van der Waals surface area (Å²) in [6, 6.07) is 23.4. The molecule has 0 fully saturated rings. The van der Waals surface area contributed by atoms with Crippen LogP contribution in [0.25, 0.3) is 22.0 Å². The number of aromatic nitrogens is 2. The van der Waals surface area contributed by atoms with Crippen LogP contribution in [0.15, 0.2) is 72.9 Å². The predicted molar refractivity (Wildman–Crippen MR) is 115 cm³/mol. The highest BCUT2D eigenvalue weighted by atomic mass is 35.5. The van der Waals surface area contributed by atoms with E-state index in [1.54, 1.807) is 6.20 Å². The summed E-state index contributed by atoms with van der Waals surface area (Å²) in [6.45, 7) is 1.93. The van der Waals surface area contributed by atoms with Gasteiger partial charge in [0.2, 0.25) is 0 Å². The predicted octanol–water partition coefficient (Wildman–Crippen LogP) is 5.53. The van der Waals surface area contributed by atoms with Gasteiger partial charge in [0.1, 0.15) is 0 Å². The smallest absolute Gasteiger partial charge is 0.0929 e. The van der Waals surface area contributed by atoms with Crippen molar-refractivity contribution in [2.45, 2.75) is 12.5 Å². The first-order valence-electron chi connectivity index (χ1n) is 9.47. The van der Waals surface area contributed by atoms with Crippen molar-refractivity contribution in [3.63, 3.8) is 0 Å². The van der Waals surface area contributed by atoms with Gasteiger partial charge in [-0.15, -0.1) is 0 Å². The number of rotatable bonds is 2. The van der Waals surface area contributed by atoms with Gasteiger partial charge in [-0.3, -0.25) is 0 Å². The monoisotopic (exact) mass is 385 g/mol. The zero-order chi connectivity index (χ0) is 19.1. The SMILES string of the molecule is CN1Cc2cc(-c3cccnn3)ccc2C(c2ccc3cccc(Cl)c3c2)C1. The molecular weight excluding hydrogens is 366 g/mol. The number of hydrogen-bond donors (Lipinski definition) is 0. The summed E-state index contributed by atoms with van der Waals surface area (Å²) in [5.74, 6) is 0.324. The van der Waals surface area contributed by atoms with Crippen molar-refractivity contribution < 1.29 is 0 Å².